The summed E-state index contributed by atoms with van der Waals surface area (Å²) in [6.07, 6.45) is 2.32. The molecule has 0 atom stereocenters. The topological polar surface area (TPSA) is 6.25 Å². The zero-order valence-electron chi connectivity index (χ0n) is 23.7. The summed E-state index contributed by atoms with van der Waals surface area (Å²) in [6.45, 7) is 29.7. The van der Waals surface area contributed by atoms with E-state index in [4.69, 9.17) is 0 Å². The summed E-state index contributed by atoms with van der Waals surface area (Å²) < 4.78 is 2.44. The molecule has 0 saturated carbocycles. The Balaban J connectivity index is 0.00000408. The predicted molar refractivity (Wildman–Crippen MR) is 146 cm³/mol. The first kappa shape index (κ1) is 28.4. The van der Waals surface area contributed by atoms with Crippen molar-refractivity contribution in [2.75, 3.05) is 18.0 Å². The zero-order chi connectivity index (χ0) is 25.0. The van der Waals surface area contributed by atoms with Crippen molar-refractivity contribution in [3.63, 3.8) is 0 Å². The lowest BCUT2D eigenvalue weighted by atomic mass is 9.80. The summed E-state index contributed by atoms with van der Waals surface area (Å²) in [4.78, 5) is 2.44. The second-order valence-corrected chi connectivity index (χ2v) is 14.0. The second kappa shape index (κ2) is 9.34. The van der Waals surface area contributed by atoms with Crippen LogP contribution in [0.3, 0.4) is 0 Å². The quantitative estimate of drug-likeness (QED) is 0.541. The van der Waals surface area contributed by atoms with Gasteiger partial charge in [0.25, 0.3) is 0 Å². The van der Waals surface area contributed by atoms with Gasteiger partial charge in [-0.2, -0.15) is 0 Å². The number of anilines is 1. The maximum atomic E-state index is 2.44. The van der Waals surface area contributed by atoms with Crippen molar-refractivity contribution in [1.82, 2.24) is 0 Å². The average Bonchev–Trinajstić information content (AvgIpc) is 3.15. The van der Waals surface area contributed by atoms with Crippen molar-refractivity contribution in [2.45, 2.75) is 105 Å². The van der Waals surface area contributed by atoms with Crippen LogP contribution in [0.25, 0.3) is 0 Å². The molecule has 0 saturated heterocycles. The average molecular weight is 483 g/mol. The van der Waals surface area contributed by atoms with Crippen LogP contribution < -0.4 is 17.3 Å². The first-order valence-corrected chi connectivity index (χ1v) is 12.6. The summed E-state index contributed by atoms with van der Waals surface area (Å²) in [6, 6.07) is 14.4. The van der Waals surface area contributed by atoms with Crippen LogP contribution in [0, 0.1) is 0 Å². The molecule has 2 aromatic carbocycles. The van der Waals surface area contributed by atoms with E-state index in [1.165, 1.54) is 33.6 Å². The molecule has 0 aliphatic carbocycles. The maximum absolute atomic E-state index is 2.44. The summed E-state index contributed by atoms with van der Waals surface area (Å²) in [5.41, 5.74) is 8.72. The Morgan fingerprint density at radius 2 is 0.912 bits per heavy atom. The molecule has 1 aliphatic rings. The largest absolute Gasteiger partial charge is 1.00 e. The normalized spacial score (nSPS) is 15.3. The van der Waals surface area contributed by atoms with Gasteiger partial charge in [-0.05, 0) is 68.2 Å². The minimum atomic E-state index is 0. The highest BCUT2D eigenvalue weighted by Crippen LogP contribution is 2.35. The van der Waals surface area contributed by atoms with Crippen molar-refractivity contribution in [3.8, 4) is 0 Å². The SMILES string of the molecule is CC(C)(C)c1cc(N2C=[N+](c3cc(C(C)(C)C)cc(C(C)(C)C)c3)CC2)cc(C(C)(C)C)c1.[Cl-]. The number of hydrogen-bond donors (Lipinski definition) is 0. The summed E-state index contributed by atoms with van der Waals surface area (Å²) in [5, 5.41) is 0. The van der Waals surface area contributed by atoms with Crippen LogP contribution in [-0.2, 0) is 21.7 Å². The van der Waals surface area contributed by atoms with Crippen molar-refractivity contribution < 1.29 is 17.0 Å². The van der Waals surface area contributed by atoms with E-state index in [0.717, 1.165) is 13.1 Å². The van der Waals surface area contributed by atoms with Gasteiger partial charge in [0.05, 0.1) is 0 Å². The molecule has 0 unspecified atom stereocenters. The number of rotatable bonds is 2. The highest BCUT2D eigenvalue weighted by atomic mass is 35.5. The van der Waals surface area contributed by atoms with Gasteiger partial charge in [0, 0.05) is 0 Å². The standard InChI is InChI=1S/C31H47N2.ClH/c1-28(2,3)22-15-23(29(4,5)6)18-26(17-22)32-13-14-33(21-32)27-19-24(30(7,8)9)16-25(20-27)31(10,11)12;/h15-21H,13-14H2,1-12H3;1H/q+1;/p-1. The lowest BCUT2D eigenvalue weighted by Gasteiger charge is -2.26. The van der Waals surface area contributed by atoms with Gasteiger partial charge in [0.2, 0.25) is 6.34 Å². The lowest BCUT2D eigenvalue weighted by Crippen LogP contribution is -3.00. The molecule has 0 radical (unpaired) electrons. The van der Waals surface area contributed by atoms with E-state index < -0.39 is 0 Å². The van der Waals surface area contributed by atoms with Gasteiger partial charge >= 0.3 is 0 Å². The van der Waals surface area contributed by atoms with E-state index >= 15 is 0 Å². The summed E-state index contributed by atoms with van der Waals surface area (Å²) >= 11 is 0. The fourth-order valence-corrected chi connectivity index (χ4v) is 4.18. The minimum absolute atomic E-state index is 0. The van der Waals surface area contributed by atoms with Gasteiger partial charge in [-0.1, -0.05) is 95.2 Å². The van der Waals surface area contributed by atoms with Crippen LogP contribution in [0.1, 0.15) is 105 Å². The third-order valence-corrected chi connectivity index (χ3v) is 6.82. The molecule has 1 heterocycles. The molecule has 0 N–H and O–H groups in total. The summed E-state index contributed by atoms with van der Waals surface area (Å²) in [5.74, 6) is 0. The highest BCUT2D eigenvalue weighted by molar-refractivity contribution is 5.79. The molecule has 34 heavy (non-hydrogen) atoms. The zero-order valence-corrected chi connectivity index (χ0v) is 24.5. The van der Waals surface area contributed by atoms with E-state index in [2.05, 4.69) is 135 Å². The molecule has 0 bridgehead atoms. The molecular formula is C31H47ClN2. The highest BCUT2D eigenvalue weighted by Gasteiger charge is 2.29. The van der Waals surface area contributed by atoms with Crippen LogP contribution in [0.15, 0.2) is 36.4 Å². The molecule has 0 aromatic heterocycles. The first-order valence-electron chi connectivity index (χ1n) is 12.6. The van der Waals surface area contributed by atoms with Crippen LogP contribution in [0.5, 0.6) is 0 Å². The number of benzene rings is 2. The molecule has 3 rings (SSSR count). The van der Waals surface area contributed by atoms with Gasteiger partial charge in [-0.25, -0.2) is 9.48 Å². The van der Waals surface area contributed by atoms with Gasteiger partial charge in [-0.3, -0.25) is 0 Å². The lowest BCUT2D eigenvalue weighted by molar-refractivity contribution is -0.424. The van der Waals surface area contributed by atoms with E-state index in [1.807, 2.05) is 0 Å². The van der Waals surface area contributed by atoms with Crippen LogP contribution >= 0.6 is 0 Å². The predicted octanol–water partition coefficient (Wildman–Crippen LogP) is 5.07. The van der Waals surface area contributed by atoms with Crippen molar-refractivity contribution in [1.29, 1.82) is 0 Å². The first-order chi connectivity index (χ1) is 14.9. The molecule has 2 aromatic rings. The Morgan fingerprint density at radius 3 is 1.26 bits per heavy atom. The van der Waals surface area contributed by atoms with E-state index in [-0.39, 0.29) is 34.1 Å². The van der Waals surface area contributed by atoms with Gasteiger partial charge in [0.15, 0.2) is 0 Å². The van der Waals surface area contributed by atoms with Crippen LogP contribution in [-0.4, -0.2) is 24.0 Å². The molecule has 0 fully saturated rings. The molecule has 0 spiro atoms. The van der Waals surface area contributed by atoms with Crippen LogP contribution in [0.4, 0.5) is 11.4 Å². The second-order valence-electron chi connectivity index (χ2n) is 14.0. The molecule has 1 aliphatic heterocycles. The molecule has 2 nitrogen and oxygen atoms in total. The maximum Gasteiger partial charge on any atom is 0.244 e. The van der Waals surface area contributed by atoms with E-state index in [9.17, 15) is 0 Å². The van der Waals surface area contributed by atoms with E-state index in [1.54, 1.807) is 0 Å². The number of nitrogens with zero attached hydrogens (tertiary/aromatic N) is 2. The Kier molecular flexibility index (Phi) is 7.81. The monoisotopic (exact) mass is 482 g/mol. The molecular weight excluding hydrogens is 436 g/mol. The Bertz CT molecular complexity index is 986. The Labute approximate surface area is 215 Å². The number of halogens is 1. The molecule has 188 valence electrons. The minimum Gasteiger partial charge on any atom is -1.00 e. The van der Waals surface area contributed by atoms with Crippen molar-refractivity contribution in [2.24, 2.45) is 0 Å². The fourth-order valence-electron chi connectivity index (χ4n) is 4.18. The van der Waals surface area contributed by atoms with Gasteiger partial charge in [-0.15, -0.1) is 0 Å². The Morgan fingerprint density at radius 1 is 0.559 bits per heavy atom. The van der Waals surface area contributed by atoms with Gasteiger partial charge < -0.3 is 12.4 Å². The summed E-state index contributed by atoms with van der Waals surface area (Å²) in [7, 11) is 0. The molecule has 0 amide bonds. The smallest absolute Gasteiger partial charge is 0.244 e. The third-order valence-electron chi connectivity index (χ3n) is 6.82. The fraction of sp³-hybridized carbons (Fsp3) is 0.581. The van der Waals surface area contributed by atoms with Crippen molar-refractivity contribution >= 4 is 17.7 Å². The van der Waals surface area contributed by atoms with Crippen LogP contribution in [0.2, 0.25) is 0 Å². The molecule has 3 heteroatoms. The van der Waals surface area contributed by atoms with E-state index in [0.29, 0.717) is 0 Å². The Hall–Kier alpha value is -1.80. The number of hydrogen-bond acceptors (Lipinski definition) is 1. The third kappa shape index (κ3) is 6.45. The van der Waals surface area contributed by atoms with Crippen molar-refractivity contribution in [3.05, 3.63) is 58.7 Å². The van der Waals surface area contributed by atoms with Gasteiger partial charge in [0.1, 0.15) is 24.5 Å².